The number of nitrogens with zero attached hydrogens (tertiary/aromatic N) is 8. The number of fused-ring (bicyclic) bond motifs is 6. The second kappa shape index (κ2) is 12.9. The van der Waals surface area contributed by atoms with Crippen LogP contribution in [0.15, 0.2) is 213 Å². The number of para-hydroxylation sites is 2. The van der Waals surface area contributed by atoms with E-state index in [2.05, 4.69) is 70.7 Å². The minimum absolute atomic E-state index is 0.770. The second-order valence-corrected chi connectivity index (χ2v) is 13.7. The topological polar surface area (TPSA) is 101 Å². The van der Waals surface area contributed by atoms with Gasteiger partial charge in [-0.05, 0) is 85.0 Å². The van der Waals surface area contributed by atoms with E-state index in [1.165, 1.54) is 0 Å². The van der Waals surface area contributed by atoms with Crippen LogP contribution in [0.25, 0.3) is 44.1 Å². The normalized spacial score (nSPS) is 17.1. The molecule has 0 radical (unpaired) electrons. The quantitative estimate of drug-likeness (QED) is 0.181. The Labute approximate surface area is 321 Å². The van der Waals surface area contributed by atoms with Crippen LogP contribution in [-0.4, -0.2) is 42.8 Å². The minimum atomic E-state index is 0.770. The lowest BCUT2D eigenvalue weighted by Crippen LogP contribution is -2.04. The van der Waals surface area contributed by atoms with E-state index in [9.17, 15) is 0 Å². The van der Waals surface area contributed by atoms with Crippen molar-refractivity contribution in [1.29, 1.82) is 0 Å². The van der Waals surface area contributed by atoms with Crippen LogP contribution in [0.2, 0.25) is 0 Å². The summed E-state index contributed by atoms with van der Waals surface area (Å²) in [6.07, 6.45) is 27.5. The molecule has 5 aliphatic heterocycles. The molecule has 6 aromatic rings. The van der Waals surface area contributed by atoms with Crippen molar-refractivity contribution in [3.63, 3.8) is 0 Å². The van der Waals surface area contributed by atoms with Crippen LogP contribution < -0.4 is 0 Å². The van der Waals surface area contributed by atoms with Crippen LogP contribution in [0, 0.1) is 0 Å². The van der Waals surface area contributed by atoms with Gasteiger partial charge in [0, 0.05) is 92.5 Å². The molecular weight excluding hydrogens is 689 g/mol. The van der Waals surface area contributed by atoms with Gasteiger partial charge in [-0.2, -0.15) is 0 Å². The summed E-state index contributed by atoms with van der Waals surface area (Å²) in [6.45, 7) is 0. The van der Waals surface area contributed by atoms with Gasteiger partial charge in [0.15, 0.2) is 0 Å². The fraction of sp³-hybridized carbons (Fsp3) is 0. The summed E-state index contributed by atoms with van der Waals surface area (Å²) in [4.78, 5) is 40.1. The fourth-order valence-electron chi connectivity index (χ4n) is 7.71. The van der Waals surface area contributed by atoms with Crippen LogP contribution in [0.5, 0.6) is 0 Å². The molecule has 260 valence electrons. The number of benzene rings is 2. The van der Waals surface area contributed by atoms with Gasteiger partial charge in [-0.15, -0.1) is 0 Å². The standard InChI is InChI=1S/C48H28N8/c1-3-11-35-29(7-1)23-33(27-51-35)47-41-17-15-39(54-41)45(31-9-5-21-49-25-31)37-13-14-38(53-37)46(32-10-6-22-50-26-32)40-16-18-42(55-40)48(44-20-19-43(47)56-44)34-24-30-8-2-4-12-36(30)52-28-34/h1-28H. The monoisotopic (exact) mass is 716 g/mol. The molecule has 0 amide bonds. The molecule has 0 N–H and O–H groups in total. The first-order chi connectivity index (χ1) is 27.7. The Morgan fingerprint density at radius 1 is 0.321 bits per heavy atom. The Morgan fingerprint density at radius 2 is 0.696 bits per heavy atom. The van der Waals surface area contributed by atoms with Crippen LogP contribution in [-0.2, 0) is 0 Å². The Hall–Kier alpha value is -7.84. The third-order valence-electron chi connectivity index (χ3n) is 10.3. The van der Waals surface area contributed by atoms with Crippen LogP contribution in [0.1, 0.15) is 22.3 Å². The molecule has 11 rings (SSSR count). The zero-order valence-electron chi connectivity index (χ0n) is 29.7. The molecule has 0 unspecified atom stereocenters. The highest BCUT2D eigenvalue weighted by Crippen LogP contribution is 2.38. The lowest BCUT2D eigenvalue weighted by atomic mass is 9.98. The summed E-state index contributed by atoms with van der Waals surface area (Å²) in [5.41, 5.74) is 15.1. The molecule has 8 nitrogen and oxygen atoms in total. The molecule has 0 fully saturated rings. The van der Waals surface area contributed by atoms with E-state index in [0.717, 1.165) is 112 Å². The van der Waals surface area contributed by atoms with Crippen molar-refractivity contribution in [2.45, 2.75) is 0 Å². The molecule has 2 aromatic carbocycles. The van der Waals surface area contributed by atoms with Gasteiger partial charge in [0.1, 0.15) is 0 Å². The molecule has 0 saturated carbocycles. The van der Waals surface area contributed by atoms with Crippen molar-refractivity contribution in [3.05, 3.63) is 216 Å². The number of hydrogen-bond donors (Lipinski definition) is 0. The number of allylic oxidation sites excluding steroid dienone is 12. The van der Waals surface area contributed by atoms with Gasteiger partial charge in [-0.1, -0.05) is 48.5 Å². The summed E-state index contributed by atoms with van der Waals surface area (Å²) < 4.78 is 0. The van der Waals surface area contributed by atoms with E-state index in [1.54, 1.807) is 12.4 Å². The van der Waals surface area contributed by atoms with Gasteiger partial charge >= 0.3 is 0 Å². The van der Waals surface area contributed by atoms with Crippen molar-refractivity contribution < 1.29 is 0 Å². The van der Waals surface area contributed by atoms with Crippen molar-refractivity contribution >= 4 is 66.9 Å². The van der Waals surface area contributed by atoms with Crippen molar-refractivity contribution in [2.24, 2.45) is 20.0 Å². The molecule has 0 spiro atoms. The summed E-state index contributed by atoms with van der Waals surface area (Å²) >= 11 is 0. The molecule has 8 bridgehead atoms. The number of hydrogen-bond acceptors (Lipinski definition) is 8. The largest absolute Gasteiger partial charge is 0.264 e. The molecule has 0 atom stereocenters. The van der Waals surface area contributed by atoms with Crippen LogP contribution in [0.4, 0.5) is 0 Å². The van der Waals surface area contributed by atoms with Gasteiger partial charge in [0.25, 0.3) is 0 Å². The zero-order valence-corrected chi connectivity index (χ0v) is 29.7. The highest BCUT2D eigenvalue weighted by molar-refractivity contribution is 6.39. The average molecular weight is 717 g/mol. The number of pyridine rings is 4. The molecule has 0 saturated heterocycles. The summed E-state index contributed by atoms with van der Waals surface area (Å²) in [6, 6.07) is 28.5. The van der Waals surface area contributed by atoms with Crippen LogP contribution in [0.3, 0.4) is 0 Å². The maximum atomic E-state index is 5.39. The number of aromatic nitrogens is 4. The van der Waals surface area contributed by atoms with Crippen molar-refractivity contribution in [3.8, 4) is 0 Å². The summed E-state index contributed by atoms with van der Waals surface area (Å²) in [5.74, 6) is 0. The molecule has 9 heterocycles. The first-order valence-corrected chi connectivity index (χ1v) is 18.3. The highest BCUT2D eigenvalue weighted by atomic mass is 14.9. The van der Waals surface area contributed by atoms with E-state index < -0.39 is 0 Å². The van der Waals surface area contributed by atoms with E-state index in [4.69, 9.17) is 29.9 Å². The minimum Gasteiger partial charge on any atom is -0.264 e. The Bertz CT molecular complexity index is 2980. The van der Waals surface area contributed by atoms with Crippen molar-refractivity contribution in [2.75, 3.05) is 0 Å². The lowest BCUT2D eigenvalue weighted by Gasteiger charge is -2.12. The van der Waals surface area contributed by atoms with Gasteiger partial charge < -0.3 is 0 Å². The lowest BCUT2D eigenvalue weighted by molar-refractivity contribution is 1.30. The molecule has 5 aliphatic rings. The Balaban J connectivity index is 1.22. The van der Waals surface area contributed by atoms with Crippen molar-refractivity contribution in [1.82, 2.24) is 19.9 Å². The maximum Gasteiger partial charge on any atom is 0.0738 e. The average Bonchev–Trinajstić information content (AvgIpc) is 4.10. The number of aliphatic imine (C=N–C) groups is 4. The smallest absolute Gasteiger partial charge is 0.0738 e. The first kappa shape index (κ1) is 31.7. The molecule has 0 aliphatic carbocycles. The highest BCUT2D eigenvalue weighted by Gasteiger charge is 2.28. The Morgan fingerprint density at radius 3 is 1.07 bits per heavy atom. The third kappa shape index (κ3) is 5.39. The van der Waals surface area contributed by atoms with Gasteiger partial charge in [0.05, 0.1) is 56.7 Å². The Kier molecular flexibility index (Phi) is 7.31. The molecule has 4 aromatic heterocycles. The second-order valence-electron chi connectivity index (χ2n) is 13.7. The number of rotatable bonds is 4. The van der Waals surface area contributed by atoms with E-state index in [0.29, 0.717) is 0 Å². The van der Waals surface area contributed by atoms with Gasteiger partial charge in [-0.3, -0.25) is 19.9 Å². The van der Waals surface area contributed by atoms with E-state index >= 15 is 0 Å². The molecular formula is C48H28N8. The van der Waals surface area contributed by atoms with E-state index in [-0.39, 0.29) is 0 Å². The zero-order chi connectivity index (χ0) is 37.0. The summed E-state index contributed by atoms with van der Waals surface area (Å²) in [7, 11) is 0. The predicted octanol–water partition coefficient (Wildman–Crippen LogP) is 9.57. The molecule has 56 heavy (non-hydrogen) atoms. The van der Waals surface area contributed by atoms with Gasteiger partial charge in [-0.25, -0.2) is 20.0 Å². The maximum absolute atomic E-state index is 5.39. The molecule has 8 heteroatoms. The third-order valence-corrected chi connectivity index (χ3v) is 10.3. The first-order valence-electron chi connectivity index (χ1n) is 18.3. The summed E-state index contributed by atoms with van der Waals surface area (Å²) in [5, 5.41) is 2.06. The predicted molar refractivity (Wildman–Crippen MR) is 226 cm³/mol. The van der Waals surface area contributed by atoms with E-state index in [1.807, 2.05) is 97.6 Å². The van der Waals surface area contributed by atoms with Gasteiger partial charge in [0.2, 0.25) is 0 Å². The SMILES string of the molecule is C1=CC2=C(c3cccnc3)C3=NC(=C(c4cnc5ccccc5c4)C4=NC(=C(c5cnc6ccccc6c5)C5=NC(=C(c6cccnc6)C1=N2)C=C5)C=C4)C=C3. The van der Waals surface area contributed by atoms with Crippen LogP contribution >= 0.6 is 0 Å². The fourth-order valence-corrected chi connectivity index (χ4v) is 7.71.